The van der Waals surface area contributed by atoms with E-state index in [1.165, 1.54) is 21.8 Å². The fourth-order valence-electron chi connectivity index (χ4n) is 9.51. The fraction of sp³-hybridized carbons (Fsp3) is 0. The van der Waals surface area contributed by atoms with Gasteiger partial charge >= 0.3 is 6.92 Å². The average Bonchev–Trinajstić information content (AvgIpc) is 3.84. The van der Waals surface area contributed by atoms with Gasteiger partial charge in [0.05, 0.1) is 11.0 Å². The number of para-hydroxylation sites is 4. The molecule has 2 aromatic heterocycles. The Hall–Kier alpha value is -7.76. The molecular formula is C54H32BNO3. The number of aromatic nitrogens is 1. The van der Waals surface area contributed by atoms with Crippen LogP contribution in [-0.2, 0) is 0 Å². The quantitative estimate of drug-likeness (QED) is 0.168. The molecule has 4 heterocycles. The van der Waals surface area contributed by atoms with E-state index in [0.717, 1.165) is 100 Å². The van der Waals surface area contributed by atoms with Crippen molar-refractivity contribution in [2.75, 3.05) is 0 Å². The lowest BCUT2D eigenvalue weighted by Crippen LogP contribution is -2.53. The molecule has 0 saturated heterocycles. The Balaban J connectivity index is 0.916. The van der Waals surface area contributed by atoms with Crippen LogP contribution >= 0.6 is 0 Å². The van der Waals surface area contributed by atoms with Gasteiger partial charge in [-0.15, -0.1) is 0 Å². The monoisotopic (exact) mass is 753 g/mol. The second-order valence-corrected chi connectivity index (χ2v) is 15.6. The molecule has 0 spiro atoms. The first kappa shape index (κ1) is 32.3. The van der Waals surface area contributed by atoms with Crippen LogP contribution in [0, 0.1) is 0 Å². The van der Waals surface area contributed by atoms with Crippen molar-refractivity contribution in [3.63, 3.8) is 0 Å². The molecule has 0 unspecified atom stereocenters. The predicted octanol–water partition coefficient (Wildman–Crippen LogP) is 13.0. The Morgan fingerprint density at radius 3 is 1.85 bits per heavy atom. The van der Waals surface area contributed by atoms with Crippen LogP contribution in [0.15, 0.2) is 199 Å². The number of nitrogens with zero attached hydrogens (tertiary/aromatic N) is 1. The highest BCUT2D eigenvalue weighted by molar-refractivity contribution is 6.84. The summed E-state index contributed by atoms with van der Waals surface area (Å²) in [5, 5.41) is 4.74. The smallest absolute Gasteiger partial charge is 0.434 e. The molecule has 13 rings (SSSR count). The van der Waals surface area contributed by atoms with Crippen LogP contribution in [0.1, 0.15) is 0 Å². The van der Waals surface area contributed by atoms with E-state index >= 15 is 0 Å². The van der Waals surface area contributed by atoms with Crippen LogP contribution in [0.25, 0.3) is 93.9 Å². The fourth-order valence-corrected chi connectivity index (χ4v) is 9.51. The lowest BCUT2D eigenvalue weighted by molar-refractivity contribution is 0.480. The molecule has 0 saturated carbocycles. The molecule has 0 amide bonds. The van der Waals surface area contributed by atoms with Gasteiger partial charge in [-0.2, -0.15) is 0 Å². The third-order valence-corrected chi connectivity index (χ3v) is 12.3. The molecule has 0 atom stereocenters. The summed E-state index contributed by atoms with van der Waals surface area (Å²) in [5.41, 5.74) is 16.3. The van der Waals surface area contributed by atoms with Crippen molar-refractivity contribution in [1.29, 1.82) is 0 Å². The normalized spacial score (nSPS) is 12.6. The van der Waals surface area contributed by atoms with E-state index in [1.54, 1.807) is 0 Å². The summed E-state index contributed by atoms with van der Waals surface area (Å²) in [6.07, 6.45) is 0. The van der Waals surface area contributed by atoms with Gasteiger partial charge in [0.25, 0.3) is 0 Å². The molecular weight excluding hydrogens is 721 g/mol. The van der Waals surface area contributed by atoms with Gasteiger partial charge in [-0.25, -0.2) is 0 Å². The second kappa shape index (κ2) is 12.4. The first-order valence-corrected chi connectivity index (χ1v) is 20.1. The van der Waals surface area contributed by atoms with Crippen molar-refractivity contribution in [3.8, 4) is 67.4 Å². The first-order valence-electron chi connectivity index (χ1n) is 20.1. The highest BCUT2D eigenvalue weighted by atomic mass is 16.5. The van der Waals surface area contributed by atoms with E-state index in [1.807, 2.05) is 18.2 Å². The zero-order valence-corrected chi connectivity index (χ0v) is 31.7. The maximum Gasteiger partial charge on any atom is 0.434 e. The molecule has 0 radical (unpaired) electrons. The summed E-state index contributed by atoms with van der Waals surface area (Å²) in [7, 11) is 0. The average molecular weight is 754 g/mol. The summed E-state index contributed by atoms with van der Waals surface area (Å²) in [5.74, 6) is 2.50. The van der Waals surface area contributed by atoms with E-state index in [-0.39, 0.29) is 6.92 Å². The molecule has 9 aromatic carbocycles. The van der Waals surface area contributed by atoms with Gasteiger partial charge in [0.1, 0.15) is 28.4 Å². The number of furan rings is 1. The van der Waals surface area contributed by atoms with Gasteiger partial charge in [-0.3, -0.25) is 0 Å². The lowest BCUT2D eigenvalue weighted by Gasteiger charge is -2.33. The van der Waals surface area contributed by atoms with E-state index in [9.17, 15) is 0 Å². The molecule has 0 N–H and O–H groups in total. The van der Waals surface area contributed by atoms with Crippen molar-refractivity contribution >= 4 is 61.6 Å². The van der Waals surface area contributed by atoms with Crippen molar-refractivity contribution in [3.05, 3.63) is 194 Å². The highest BCUT2D eigenvalue weighted by Crippen LogP contribution is 2.43. The zero-order chi connectivity index (χ0) is 38.6. The molecule has 0 bridgehead atoms. The molecule has 2 aliphatic rings. The van der Waals surface area contributed by atoms with Crippen LogP contribution in [0.4, 0.5) is 0 Å². The summed E-state index contributed by atoms with van der Waals surface area (Å²) < 4.78 is 22.3. The van der Waals surface area contributed by atoms with E-state index < -0.39 is 0 Å². The predicted molar refractivity (Wildman–Crippen MR) is 242 cm³/mol. The topological polar surface area (TPSA) is 36.5 Å². The molecule has 11 aromatic rings. The van der Waals surface area contributed by atoms with Gasteiger partial charge in [0.2, 0.25) is 0 Å². The van der Waals surface area contributed by atoms with Gasteiger partial charge in [-0.05, 0) is 112 Å². The number of benzene rings is 9. The second-order valence-electron chi connectivity index (χ2n) is 15.6. The molecule has 2 aliphatic heterocycles. The van der Waals surface area contributed by atoms with Crippen molar-refractivity contribution < 1.29 is 13.8 Å². The van der Waals surface area contributed by atoms with Crippen molar-refractivity contribution in [1.82, 2.24) is 4.57 Å². The highest BCUT2D eigenvalue weighted by Gasteiger charge is 2.41. The maximum atomic E-state index is 6.98. The van der Waals surface area contributed by atoms with Crippen LogP contribution < -0.4 is 20.3 Å². The number of ether oxygens (including phenoxy) is 1. The van der Waals surface area contributed by atoms with Gasteiger partial charge in [-0.1, -0.05) is 121 Å². The van der Waals surface area contributed by atoms with Gasteiger partial charge in [0, 0.05) is 43.7 Å². The summed E-state index contributed by atoms with van der Waals surface area (Å²) in [4.78, 5) is 0. The van der Waals surface area contributed by atoms with Gasteiger partial charge in [0.15, 0.2) is 0 Å². The molecule has 59 heavy (non-hydrogen) atoms. The molecule has 274 valence electrons. The zero-order valence-electron chi connectivity index (χ0n) is 31.7. The molecule has 5 heteroatoms. The Bertz CT molecular complexity index is 3490. The Morgan fingerprint density at radius 2 is 1.00 bits per heavy atom. The lowest BCUT2D eigenvalue weighted by atomic mass is 9.50. The first-order chi connectivity index (χ1) is 29.2. The molecule has 0 aliphatic carbocycles. The van der Waals surface area contributed by atoms with E-state index in [0.29, 0.717) is 0 Å². The van der Waals surface area contributed by atoms with E-state index in [4.69, 9.17) is 13.8 Å². The third kappa shape index (κ3) is 4.92. The van der Waals surface area contributed by atoms with Crippen LogP contribution in [-0.4, -0.2) is 11.5 Å². The minimum absolute atomic E-state index is 0.298. The minimum Gasteiger partial charge on any atom is -0.551 e. The number of hydrogen-bond donors (Lipinski definition) is 0. The summed E-state index contributed by atoms with van der Waals surface area (Å²) in [6.45, 7) is -0.298. The van der Waals surface area contributed by atoms with Gasteiger partial charge < -0.3 is 18.4 Å². The van der Waals surface area contributed by atoms with Crippen molar-refractivity contribution in [2.24, 2.45) is 0 Å². The Kier molecular flexibility index (Phi) is 6.78. The SMILES string of the molecule is c1cc(-c2cc3c4c(c2)-c2ccccc2OB4c2ccc(-c4cccc(-n5c6ccccc6c6ccccc65)c4)cc2O3)cc(-c2ccc3oc4ccccc4c3c2)c1. The maximum absolute atomic E-state index is 6.98. The largest absolute Gasteiger partial charge is 0.551 e. The molecule has 4 nitrogen and oxygen atoms in total. The standard InChI is InChI=1S/C54H32BNO3/c1-5-19-47-40(15-1)41-16-2-6-20-48(41)56(47)39-14-10-13-35(28-39)37-23-25-46-52(31-37)58-53-32-38(30-45-43-18-4-8-22-51(43)59-55(46)54(45)53)34-12-9-11-33(27-34)36-24-26-50-44(29-36)42-17-3-7-21-49(42)57-50/h1-32H. The van der Waals surface area contributed by atoms with Crippen LogP contribution in [0.5, 0.6) is 17.2 Å². The molecule has 0 fully saturated rings. The minimum atomic E-state index is -0.298. The Labute approximate surface area is 340 Å². The van der Waals surface area contributed by atoms with E-state index in [2.05, 4.69) is 180 Å². The summed E-state index contributed by atoms with van der Waals surface area (Å²) >= 11 is 0. The third-order valence-electron chi connectivity index (χ3n) is 12.3. The number of hydrogen-bond acceptors (Lipinski definition) is 3. The van der Waals surface area contributed by atoms with Crippen LogP contribution in [0.3, 0.4) is 0 Å². The Morgan fingerprint density at radius 1 is 0.373 bits per heavy atom. The number of fused-ring (bicyclic) bond motifs is 10. The summed E-state index contributed by atoms with van der Waals surface area (Å²) in [6, 6.07) is 69.0. The van der Waals surface area contributed by atoms with Crippen LogP contribution in [0.2, 0.25) is 0 Å². The van der Waals surface area contributed by atoms with Crippen molar-refractivity contribution in [2.45, 2.75) is 0 Å². The number of rotatable bonds is 4.